The predicted octanol–water partition coefficient (Wildman–Crippen LogP) is 5.18. The second-order valence-corrected chi connectivity index (χ2v) is 7.15. The maximum Gasteiger partial charge on any atom is 0.219 e. The number of ether oxygens (including phenoxy) is 1. The number of hydrogen-bond acceptors (Lipinski definition) is 4. The number of hydrogen-bond donors (Lipinski definition) is 1. The van der Waals surface area contributed by atoms with E-state index < -0.39 is 0 Å². The van der Waals surface area contributed by atoms with Crippen LogP contribution in [0.5, 0.6) is 11.6 Å². The number of carbonyl (C=O) groups is 1. The Hall–Kier alpha value is -1.98. The monoisotopic (exact) mass is 376 g/mol. The van der Waals surface area contributed by atoms with E-state index in [2.05, 4.69) is 17.2 Å². The van der Waals surface area contributed by atoms with Crippen molar-refractivity contribution in [3.8, 4) is 11.6 Å². The van der Waals surface area contributed by atoms with Gasteiger partial charge in [0.05, 0.1) is 5.02 Å². The van der Waals surface area contributed by atoms with Crippen molar-refractivity contribution in [3.63, 3.8) is 0 Å². The highest BCUT2D eigenvalue weighted by atomic mass is 35.5. The van der Waals surface area contributed by atoms with Gasteiger partial charge in [-0.25, -0.2) is 4.98 Å². The average molecular weight is 377 g/mol. The van der Waals surface area contributed by atoms with Crippen molar-refractivity contribution in [2.75, 3.05) is 5.75 Å². The number of carbonyl (C=O) groups excluding carboxylic acids is 1. The average Bonchev–Trinajstić information content (AvgIpc) is 2.56. The third kappa shape index (κ3) is 6.44. The van der Waals surface area contributed by atoms with Crippen LogP contribution in [-0.4, -0.2) is 22.7 Å². The van der Waals surface area contributed by atoms with E-state index >= 15 is 0 Å². The third-order valence-corrected chi connectivity index (χ3v) is 4.37. The standard InChI is InChI=1S/C19H21ClN2O2S/c1-4-25-16-8-9-18(17(20)11-16)24-19-10-7-15(12-21-19)6-5-13(2)22-14(3)23/h5-13H,4H2,1-3H3,(H,22,23)/b6-5+/t13-/m0/s1. The SMILES string of the molecule is CCSc1ccc(Oc2ccc(/C=C/[C@H](C)NC(C)=O)cn2)c(Cl)c1. The number of nitrogens with zero attached hydrogens (tertiary/aromatic N) is 1. The summed E-state index contributed by atoms with van der Waals surface area (Å²) in [7, 11) is 0. The number of pyridine rings is 1. The Morgan fingerprint density at radius 3 is 2.80 bits per heavy atom. The van der Waals surface area contributed by atoms with Crippen molar-refractivity contribution in [1.29, 1.82) is 0 Å². The molecule has 132 valence electrons. The molecule has 1 N–H and O–H groups in total. The summed E-state index contributed by atoms with van der Waals surface area (Å²) in [6.45, 7) is 5.50. The number of thioether (sulfide) groups is 1. The Labute approximate surface area is 157 Å². The van der Waals surface area contributed by atoms with E-state index in [0.29, 0.717) is 16.7 Å². The third-order valence-electron chi connectivity index (χ3n) is 3.20. The molecule has 6 heteroatoms. The van der Waals surface area contributed by atoms with E-state index in [1.165, 1.54) is 6.92 Å². The van der Waals surface area contributed by atoms with E-state index in [9.17, 15) is 4.79 Å². The van der Waals surface area contributed by atoms with E-state index in [-0.39, 0.29) is 11.9 Å². The predicted molar refractivity (Wildman–Crippen MR) is 104 cm³/mol. The van der Waals surface area contributed by atoms with Gasteiger partial charge in [0.1, 0.15) is 5.75 Å². The highest BCUT2D eigenvalue weighted by Crippen LogP contribution is 2.32. The molecule has 1 aromatic heterocycles. The van der Waals surface area contributed by atoms with Crippen LogP contribution in [0.3, 0.4) is 0 Å². The second kappa shape index (κ2) is 9.49. The lowest BCUT2D eigenvalue weighted by molar-refractivity contribution is -0.119. The number of aromatic nitrogens is 1. The van der Waals surface area contributed by atoms with Crippen LogP contribution in [0.1, 0.15) is 26.3 Å². The van der Waals surface area contributed by atoms with Gasteiger partial charge in [-0.2, -0.15) is 0 Å². The molecule has 0 fully saturated rings. The summed E-state index contributed by atoms with van der Waals surface area (Å²) >= 11 is 7.99. The minimum atomic E-state index is -0.0562. The lowest BCUT2D eigenvalue weighted by Crippen LogP contribution is -2.28. The lowest BCUT2D eigenvalue weighted by atomic mass is 10.2. The summed E-state index contributed by atoms with van der Waals surface area (Å²) in [5.74, 6) is 1.99. The van der Waals surface area contributed by atoms with Crippen LogP contribution in [0.15, 0.2) is 47.5 Å². The van der Waals surface area contributed by atoms with Gasteiger partial charge in [0.15, 0.2) is 0 Å². The first-order chi connectivity index (χ1) is 12.0. The zero-order chi connectivity index (χ0) is 18.2. The Bertz CT molecular complexity index is 748. The molecule has 2 rings (SSSR count). The van der Waals surface area contributed by atoms with Gasteiger partial charge in [0, 0.05) is 30.1 Å². The van der Waals surface area contributed by atoms with Crippen LogP contribution in [0.25, 0.3) is 6.08 Å². The molecule has 25 heavy (non-hydrogen) atoms. The van der Waals surface area contributed by atoms with Crippen molar-refractivity contribution in [2.24, 2.45) is 0 Å². The number of nitrogens with one attached hydrogen (secondary N) is 1. The zero-order valence-corrected chi connectivity index (χ0v) is 16.0. The van der Waals surface area contributed by atoms with E-state index in [1.54, 1.807) is 24.0 Å². The van der Waals surface area contributed by atoms with Gasteiger partial charge >= 0.3 is 0 Å². The maximum absolute atomic E-state index is 11.0. The molecule has 0 radical (unpaired) electrons. The number of benzene rings is 1. The molecular weight excluding hydrogens is 356 g/mol. The van der Waals surface area contributed by atoms with Crippen LogP contribution in [-0.2, 0) is 4.79 Å². The van der Waals surface area contributed by atoms with Gasteiger partial charge in [-0.05, 0) is 42.5 Å². The molecule has 0 saturated carbocycles. The lowest BCUT2D eigenvalue weighted by Gasteiger charge is -2.08. The maximum atomic E-state index is 11.0. The largest absolute Gasteiger partial charge is 0.437 e. The number of halogens is 1. The molecule has 2 aromatic rings. The fourth-order valence-electron chi connectivity index (χ4n) is 2.11. The summed E-state index contributed by atoms with van der Waals surface area (Å²) in [6, 6.07) is 9.38. The van der Waals surface area contributed by atoms with Crippen LogP contribution in [0, 0.1) is 0 Å². The molecule has 0 aliphatic heterocycles. The van der Waals surface area contributed by atoms with Gasteiger partial charge in [0.2, 0.25) is 11.8 Å². The quantitative estimate of drug-likeness (QED) is 0.676. The number of amides is 1. The van der Waals surface area contributed by atoms with Crippen molar-refractivity contribution >= 4 is 35.3 Å². The van der Waals surface area contributed by atoms with Gasteiger partial charge in [-0.3, -0.25) is 4.79 Å². The summed E-state index contributed by atoms with van der Waals surface area (Å²) in [5, 5.41) is 3.35. The summed E-state index contributed by atoms with van der Waals surface area (Å²) in [6.07, 6.45) is 5.52. The molecule has 0 aliphatic rings. The molecule has 0 spiro atoms. The molecule has 0 unspecified atom stereocenters. The first kappa shape index (κ1) is 19.3. The van der Waals surface area contributed by atoms with Crippen molar-refractivity contribution in [3.05, 3.63) is 53.2 Å². The Morgan fingerprint density at radius 2 is 2.20 bits per heavy atom. The van der Waals surface area contributed by atoms with Crippen LogP contribution >= 0.6 is 23.4 Å². The fourth-order valence-corrected chi connectivity index (χ4v) is 3.09. The fraction of sp³-hybridized carbons (Fsp3) is 0.263. The summed E-state index contributed by atoms with van der Waals surface area (Å²) in [5.41, 5.74) is 0.922. The van der Waals surface area contributed by atoms with E-state index in [4.69, 9.17) is 16.3 Å². The van der Waals surface area contributed by atoms with Crippen LogP contribution < -0.4 is 10.1 Å². The Balaban J connectivity index is 2.00. The highest BCUT2D eigenvalue weighted by molar-refractivity contribution is 7.99. The first-order valence-electron chi connectivity index (χ1n) is 7.99. The smallest absolute Gasteiger partial charge is 0.219 e. The van der Waals surface area contributed by atoms with Crippen molar-refractivity contribution in [2.45, 2.75) is 31.7 Å². The molecule has 0 aliphatic carbocycles. The second-order valence-electron chi connectivity index (χ2n) is 5.41. The van der Waals surface area contributed by atoms with Gasteiger partial charge < -0.3 is 10.1 Å². The minimum absolute atomic E-state index is 0.0354. The van der Waals surface area contributed by atoms with Crippen molar-refractivity contribution in [1.82, 2.24) is 10.3 Å². The summed E-state index contributed by atoms with van der Waals surface area (Å²) < 4.78 is 5.74. The van der Waals surface area contributed by atoms with Crippen molar-refractivity contribution < 1.29 is 9.53 Å². The summed E-state index contributed by atoms with van der Waals surface area (Å²) in [4.78, 5) is 16.4. The topological polar surface area (TPSA) is 51.2 Å². The minimum Gasteiger partial charge on any atom is -0.437 e. The molecule has 1 amide bonds. The van der Waals surface area contributed by atoms with E-state index in [0.717, 1.165) is 16.2 Å². The zero-order valence-electron chi connectivity index (χ0n) is 14.5. The molecule has 1 atom stereocenters. The Morgan fingerprint density at radius 1 is 1.40 bits per heavy atom. The van der Waals surface area contributed by atoms with E-state index in [1.807, 2.05) is 43.3 Å². The molecule has 1 aromatic carbocycles. The first-order valence-corrected chi connectivity index (χ1v) is 9.36. The highest BCUT2D eigenvalue weighted by Gasteiger charge is 2.06. The molecule has 0 bridgehead atoms. The van der Waals surface area contributed by atoms with Gasteiger partial charge in [0.25, 0.3) is 0 Å². The molecule has 1 heterocycles. The Kier molecular flexibility index (Phi) is 7.34. The molecular formula is C19H21ClN2O2S. The van der Waals surface area contributed by atoms with Gasteiger partial charge in [-0.1, -0.05) is 30.7 Å². The van der Waals surface area contributed by atoms with Crippen LogP contribution in [0.2, 0.25) is 5.02 Å². The van der Waals surface area contributed by atoms with Crippen LogP contribution in [0.4, 0.5) is 0 Å². The molecule has 0 saturated heterocycles. The molecule has 4 nitrogen and oxygen atoms in total. The number of rotatable bonds is 7. The normalized spacial score (nSPS) is 12.2. The van der Waals surface area contributed by atoms with Gasteiger partial charge in [-0.15, -0.1) is 11.8 Å².